The Kier molecular flexibility index (Phi) is 3.97. The summed E-state index contributed by atoms with van der Waals surface area (Å²) in [5, 5.41) is 0. The molecule has 0 aliphatic heterocycles. The summed E-state index contributed by atoms with van der Waals surface area (Å²) in [6.45, 7) is 6.63. The van der Waals surface area contributed by atoms with Crippen molar-refractivity contribution in [3.8, 4) is 0 Å². The van der Waals surface area contributed by atoms with Crippen molar-refractivity contribution in [1.82, 2.24) is 0 Å². The van der Waals surface area contributed by atoms with Gasteiger partial charge in [0, 0.05) is 11.8 Å². The summed E-state index contributed by atoms with van der Waals surface area (Å²) in [4.78, 5) is 23.6. The number of rotatable bonds is 2. The van der Waals surface area contributed by atoms with Crippen molar-refractivity contribution in [3.05, 3.63) is 23.8 Å². The van der Waals surface area contributed by atoms with E-state index in [-0.39, 0.29) is 23.3 Å². The first-order valence-electron chi connectivity index (χ1n) is 9.99. The summed E-state index contributed by atoms with van der Waals surface area (Å²) >= 11 is 0. The molecule has 0 bridgehead atoms. The van der Waals surface area contributed by atoms with Crippen molar-refractivity contribution < 1.29 is 14.3 Å². The molecular weight excluding hydrogens is 312 g/mol. The second-order valence-electron chi connectivity index (χ2n) is 9.20. The smallest absolute Gasteiger partial charge is 0.305 e. The molecule has 136 valence electrons. The molecule has 0 heterocycles. The number of esters is 1. The Hall–Kier alpha value is -1.38. The van der Waals surface area contributed by atoms with Gasteiger partial charge in [-0.15, -0.1) is 0 Å². The van der Waals surface area contributed by atoms with Crippen LogP contribution in [0.3, 0.4) is 0 Å². The number of hydrogen-bond acceptors (Lipinski definition) is 3. The molecule has 6 atom stereocenters. The molecule has 25 heavy (non-hydrogen) atoms. The molecule has 0 unspecified atom stereocenters. The second-order valence-corrected chi connectivity index (χ2v) is 9.20. The third-order valence-electron chi connectivity index (χ3n) is 7.87. The topological polar surface area (TPSA) is 43.4 Å². The minimum atomic E-state index is -0.0571. The number of ketones is 1. The zero-order valence-electron chi connectivity index (χ0n) is 15.7. The van der Waals surface area contributed by atoms with Crippen LogP contribution in [0.1, 0.15) is 65.7 Å². The van der Waals surface area contributed by atoms with Crippen molar-refractivity contribution in [2.45, 2.75) is 71.8 Å². The molecule has 0 radical (unpaired) electrons. The highest BCUT2D eigenvalue weighted by Gasteiger charge is 2.57. The van der Waals surface area contributed by atoms with Gasteiger partial charge in [0.2, 0.25) is 0 Å². The van der Waals surface area contributed by atoms with Crippen LogP contribution in [0.25, 0.3) is 0 Å². The van der Waals surface area contributed by atoms with Crippen molar-refractivity contribution in [3.63, 3.8) is 0 Å². The van der Waals surface area contributed by atoms with E-state index in [0.717, 1.165) is 19.3 Å². The van der Waals surface area contributed by atoms with Gasteiger partial charge in [-0.25, -0.2) is 0 Å². The lowest BCUT2D eigenvalue weighted by atomic mass is 9.48. The lowest BCUT2D eigenvalue weighted by molar-refractivity contribution is -0.148. The van der Waals surface area contributed by atoms with Crippen LogP contribution < -0.4 is 0 Å². The normalized spacial score (nSPS) is 45.2. The fourth-order valence-electron chi connectivity index (χ4n) is 6.55. The van der Waals surface area contributed by atoms with E-state index in [1.165, 1.54) is 24.8 Å². The molecule has 0 N–H and O–H groups in total. The molecule has 0 amide bonds. The monoisotopic (exact) mass is 342 g/mol. The lowest BCUT2D eigenvalue weighted by Crippen LogP contribution is -2.48. The largest absolute Gasteiger partial charge is 0.462 e. The van der Waals surface area contributed by atoms with Crippen LogP contribution >= 0.6 is 0 Å². The van der Waals surface area contributed by atoms with E-state index in [1.54, 1.807) is 6.08 Å². The molecule has 4 rings (SSSR count). The Morgan fingerprint density at radius 3 is 2.84 bits per heavy atom. The SMILES string of the molecule is CCC(=O)O[C@H]1C[C@@H]2[C@H]3CCC4=CC(=O)C=C[C@]4(C)[C@@H]3CC[C@@]2(C)C1. The Bertz CT molecular complexity index is 660. The van der Waals surface area contributed by atoms with E-state index in [1.807, 2.05) is 13.0 Å². The summed E-state index contributed by atoms with van der Waals surface area (Å²) < 4.78 is 5.73. The third kappa shape index (κ3) is 2.62. The standard InChI is InChI=1S/C22H30O3/c1-4-20(24)25-16-12-19-17-6-5-14-11-15(23)7-10-22(14,3)18(17)8-9-21(19,2)13-16/h7,10-11,16-19H,4-6,8-9,12-13H2,1-3H3/t16-,17-,18+,19+,21-,22-/m0/s1. The maximum absolute atomic E-state index is 11.8. The number of carbonyl (C=O) groups is 2. The molecule has 3 nitrogen and oxygen atoms in total. The molecule has 3 saturated carbocycles. The Morgan fingerprint density at radius 2 is 2.08 bits per heavy atom. The zero-order chi connectivity index (χ0) is 17.8. The average molecular weight is 342 g/mol. The summed E-state index contributed by atoms with van der Waals surface area (Å²) in [6, 6.07) is 0. The maximum atomic E-state index is 11.8. The molecule has 0 aromatic rings. The molecule has 3 fully saturated rings. The van der Waals surface area contributed by atoms with Gasteiger partial charge >= 0.3 is 5.97 Å². The number of ether oxygens (including phenoxy) is 1. The van der Waals surface area contributed by atoms with Gasteiger partial charge < -0.3 is 4.74 Å². The minimum Gasteiger partial charge on any atom is -0.462 e. The molecule has 3 heteroatoms. The lowest BCUT2D eigenvalue weighted by Gasteiger charge is -2.56. The average Bonchev–Trinajstić information content (AvgIpc) is 2.91. The van der Waals surface area contributed by atoms with E-state index in [9.17, 15) is 9.59 Å². The maximum Gasteiger partial charge on any atom is 0.305 e. The van der Waals surface area contributed by atoms with Gasteiger partial charge in [-0.2, -0.15) is 0 Å². The molecule has 4 aliphatic rings. The third-order valence-corrected chi connectivity index (χ3v) is 7.87. The van der Waals surface area contributed by atoms with Gasteiger partial charge in [0.15, 0.2) is 5.78 Å². The van der Waals surface area contributed by atoms with Crippen LogP contribution in [0.2, 0.25) is 0 Å². The van der Waals surface area contributed by atoms with Crippen molar-refractivity contribution in [2.75, 3.05) is 0 Å². The first-order chi connectivity index (χ1) is 11.9. The van der Waals surface area contributed by atoms with E-state index >= 15 is 0 Å². The highest BCUT2D eigenvalue weighted by atomic mass is 16.5. The molecule has 0 aromatic carbocycles. The van der Waals surface area contributed by atoms with Gasteiger partial charge in [-0.1, -0.05) is 32.4 Å². The Labute approximate surface area is 150 Å². The first kappa shape index (κ1) is 17.1. The number of fused-ring (bicyclic) bond motifs is 5. The summed E-state index contributed by atoms with van der Waals surface area (Å²) in [5.74, 6) is 2.04. The van der Waals surface area contributed by atoms with Crippen LogP contribution in [0.5, 0.6) is 0 Å². The highest BCUT2D eigenvalue weighted by Crippen LogP contribution is 2.64. The Morgan fingerprint density at radius 1 is 1.28 bits per heavy atom. The van der Waals surface area contributed by atoms with Gasteiger partial charge in [-0.3, -0.25) is 9.59 Å². The summed E-state index contributed by atoms with van der Waals surface area (Å²) in [7, 11) is 0. The summed E-state index contributed by atoms with van der Waals surface area (Å²) in [5.41, 5.74) is 1.71. The van der Waals surface area contributed by atoms with Crippen LogP contribution in [0.4, 0.5) is 0 Å². The van der Waals surface area contributed by atoms with Gasteiger partial charge in [0.1, 0.15) is 6.10 Å². The van der Waals surface area contributed by atoms with Crippen LogP contribution in [-0.2, 0) is 14.3 Å². The van der Waals surface area contributed by atoms with E-state index in [4.69, 9.17) is 4.74 Å². The van der Waals surface area contributed by atoms with Crippen LogP contribution in [0, 0.1) is 28.6 Å². The number of allylic oxidation sites excluding steroid dienone is 4. The van der Waals surface area contributed by atoms with Gasteiger partial charge in [0.05, 0.1) is 0 Å². The fourth-order valence-corrected chi connectivity index (χ4v) is 6.55. The fraction of sp³-hybridized carbons (Fsp3) is 0.727. The molecule has 4 aliphatic carbocycles. The van der Waals surface area contributed by atoms with Crippen molar-refractivity contribution >= 4 is 11.8 Å². The number of carbonyl (C=O) groups excluding carboxylic acids is 2. The van der Waals surface area contributed by atoms with Crippen LogP contribution in [-0.4, -0.2) is 17.9 Å². The predicted molar refractivity (Wildman–Crippen MR) is 96.8 cm³/mol. The van der Waals surface area contributed by atoms with E-state index in [0.29, 0.717) is 29.6 Å². The Balaban J connectivity index is 1.58. The first-order valence-corrected chi connectivity index (χ1v) is 9.99. The highest BCUT2D eigenvalue weighted by molar-refractivity contribution is 6.01. The van der Waals surface area contributed by atoms with Gasteiger partial charge in [-0.05, 0) is 73.8 Å². The quantitative estimate of drug-likeness (QED) is 0.688. The van der Waals surface area contributed by atoms with E-state index in [2.05, 4.69) is 19.9 Å². The van der Waals surface area contributed by atoms with Crippen molar-refractivity contribution in [1.29, 1.82) is 0 Å². The molecule has 0 saturated heterocycles. The second kappa shape index (κ2) is 5.82. The minimum absolute atomic E-state index is 0.0519. The molecule has 0 aromatic heterocycles. The predicted octanol–water partition coefficient (Wildman–Crippen LogP) is 4.62. The molecule has 0 spiro atoms. The van der Waals surface area contributed by atoms with Crippen LogP contribution in [0.15, 0.2) is 23.8 Å². The van der Waals surface area contributed by atoms with E-state index < -0.39 is 0 Å². The van der Waals surface area contributed by atoms with Crippen molar-refractivity contribution in [2.24, 2.45) is 28.6 Å². The van der Waals surface area contributed by atoms with Gasteiger partial charge in [0.25, 0.3) is 0 Å². The zero-order valence-corrected chi connectivity index (χ0v) is 15.7. The number of hydrogen-bond donors (Lipinski definition) is 0. The molecular formula is C22H30O3. The summed E-state index contributed by atoms with van der Waals surface area (Å²) in [6.07, 6.45) is 13.1.